The first kappa shape index (κ1) is 24.0. The number of ether oxygens (including phenoxy) is 1. The number of nitrogens with zero attached hydrogens (tertiary/aromatic N) is 4. The van der Waals surface area contributed by atoms with Crippen molar-refractivity contribution in [3.8, 4) is 11.4 Å². The number of methoxy groups -OCH3 is 1. The summed E-state index contributed by atoms with van der Waals surface area (Å²) in [5.74, 6) is 0.901. The van der Waals surface area contributed by atoms with Crippen LogP contribution in [0.4, 0.5) is 13.2 Å². The average Bonchev–Trinajstić information content (AvgIpc) is 3.45. The summed E-state index contributed by atoms with van der Waals surface area (Å²) in [6.45, 7) is 7.27. The van der Waals surface area contributed by atoms with Crippen molar-refractivity contribution < 1.29 is 31.6 Å². The van der Waals surface area contributed by atoms with Crippen LogP contribution in [0.1, 0.15) is 46.3 Å². The van der Waals surface area contributed by atoms with E-state index in [2.05, 4.69) is 19.9 Å². The molecule has 11 heteroatoms. The van der Waals surface area contributed by atoms with Crippen LogP contribution in [-0.4, -0.2) is 59.2 Å². The first-order valence-electron chi connectivity index (χ1n) is 10.8. The fourth-order valence-corrected chi connectivity index (χ4v) is 3.96. The maximum atomic E-state index is 13.0. The maximum Gasteiger partial charge on any atom is 0.416 e. The number of carbonyl (C=O) groups is 1. The Kier molecular flexibility index (Phi) is 6.76. The van der Waals surface area contributed by atoms with Gasteiger partial charge >= 0.3 is 12.1 Å². The number of rotatable bonds is 6. The zero-order chi connectivity index (χ0) is 24.5. The monoisotopic (exact) mass is 478 g/mol. The fraction of sp³-hybridized carbons (Fsp3) is 0.435. The Balaban J connectivity index is 1.36. The van der Waals surface area contributed by atoms with Gasteiger partial charge in [0, 0.05) is 37.3 Å². The molecule has 1 fully saturated rings. The number of hydrogen-bond donors (Lipinski definition) is 0. The van der Waals surface area contributed by atoms with Crippen LogP contribution in [0, 0.1) is 6.92 Å². The smallest absolute Gasteiger partial charge is 0.416 e. The van der Waals surface area contributed by atoms with Gasteiger partial charge in [-0.3, -0.25) is 9.80 Å². The molecule has 0 amide bonds. The molecular formula is C23H25F3N4O4. The van der Waals surface area contributed by atoms with Crippen LogP contribution in [-0.2, 0) is 17.5 Å². The Morgan fingerprint density at radius 2 is 1.94 bits per heavy atom. The number of hydrogen-bond acceptors (Lipinski definition) is 8. The zero-order valence-corrected chi connectivity index (χ0v) is 19.1. The predicted octanol–water partition coefficient (Wildman–Crippen LogP) is 4.32. The quantitative estimate of drug-likeness (QED) is 0.485. The van der Waals surface area contributed by atoms with E-state index in [1.165, 1.54) is 19.2 Å². The van der Waals surface area contributed by atoms with Gasteiger partial charge in [0.1, 0.15) is 5.76 Å². The Hall–Kier alpha value is -3.18. The molecule has 3 aromatic rings. The average molecular weight is 478 g/mol. The van der Waals surface area contributed by atoms with Crippen LogP contribution in [0.3, 0.4) is 0 Å². The largest absolute Gasteiger partial charge is 0.463 e. The summed E-state index contributed by atoms with van der Waals surface area (Å²) in [4.78, 5) is 20.5. The van der Waals surface area contributed by atoms with Gasteiger partial charge < -0.3 is 13.7 Å². The summed E-state index contributed by atoms with van der Waals surface area (Å²) in [5, 5.41) is 3.89. The van der Waals surface area contributed by atoms with Crippen LogP contribution in [0.25, 0.3) is 11.4 Å². The van der Waals surface area contributed by atoms with Crippen molar-refractivity contribution in [3.05, 3.63) is 58.9 Å². The van der Waals surface area contributed by atoms with Gasteiger partial charge in [0.2, 0.25) is 17.5 Å². The van der Waals surface area contributed by atoms with E-state index in [1.54, 1.807) is 6.92 Å². The molecule has 8 nitrogen and oxygen atoms in total. The molecule has 1 aromatic carbocycles. The van der Waals surface area contributed by atoms with E-state index in [-0.39, 0.29) is 23.2 Å². The second-order valence-electron chi connectivity index (χ2n) is 8.24. The molecule has 0 spiro atoms. The summed E-state index contributed by atoms with van der Waals surface area (Å²) < 4.78 is 54.8. The van der Waals surface area contributed by atoms with Gasteiger partial charge in [0.05, 0.1) is 25.3 Å². The number of benzene rings is 1. The van der Waals surface area contributed by atoms with Crippen molar-refractivity contribution >= 4 is 5.97 Å². The van der Waals surface area contributed by atoms with Crippen molar-refractivity contribution in [2.24, 2.45) is 0 Å². The second-order valence-corrected chi connectivity index (χ2v) is 8.24. The Morgan fingerprint density at radius 1 is 1.21 bits per heavy atom. The third-order valence-electron chi connectivity index (χ3n) is 5.92. The highest BCUT2D eigenvalue weighted by Gasteiger charge is 2.31. The van der Waals surface area contributed by atoms with Gasteiger partial charge in [0.15, 0.2) is 0 Å². The molecule has 0 aliphatic carbocycles. The van der Waals surface area contributed by atoms with Crippen molar-refractivity contribution in [1.29, 1.82) is 0 Å². The summed E-state index contributed by atoms with van der Waals surface area (Å²) in [5.41, 5.74) is 0.231. The Morgan fingerprint density at radius 3 is 2.62 bits per heavy atom. The number of aromatic nitrogens is 2. The second kappa shape index (κ2) is 9.59. The number of piperazine rings is 1. The molecule has 0 N–H and O–H groups in total. The molecule has 0 bridgehead atoms. The van der Waals surface area contributed by atoms with Gasteiger partial charge in [-0.1, -0.05) is 17.3 Å². The molecule has 1 aliphatic heterocycles. The highest BCUT2D eigenvalue weighted by atomic mass is 19.4. The van der Waals surface area contributed by atoms with Crippen molar-refractivity contribution in [2.75, 3.05) is 33.3 Å². The standard InChI is InChI=1S/C23H25F3N4O4/c1-14-11-18(33-19(14)22(31)32-3)13-29-7-9-30(10-8-29)15(2)21-27-20(28-34-21)16-5-4-6-17(12-16)23(24,25)26/h4-6,11-12,15H,7-10,13H2,1-3H3. The van der Waals surface area contributed by atoms with Crippen molar-refractivity contribution in [2.45, 2.75) is 32.6 Å². The van der Waals surface area contributed by atoms with E-state index in [9.17, 15) is 18.0 Å². The van der Waals surface area contributed by atoms with Gasteiger partial charge in [0.25, 0.3) is 0 Å². The minimum Gasteiger partial charge on any atom is -0.463 e. The number of furan rings is 1. The van der Waals surface area contributed by atoms with Gasteiger partial charge in [-0.05, 0) is 32.0 Å². The van der Waals surface area contributed by atoms with E-state index in [0.29, 0.717) is 18.2 Å². The van der Waals surface area contributed by atoms with E-state index in [1.807, 2.05) is 13.0 Å². The maximum absolute atomic E-state index is 13.0. The van der Waals surface area contributed by atoms with Crippen LogP contribution < -0.4 is 0 Å². The summed E-state index contributed by atoms with van der Waals surface area (Å²) in [6.07, 6.45) is -4.44. The molecular weight excluding hydrogens is 453 g/mol. The van der Waals surface area contributed by atoms with Gasteiger partial charge in [-0.2, -0.15) is 18.2 Å². The highest BCUT2D eigenvalue weighted by molar-refractivity contribution is 5.87. The van der Waals surface area contributed by atoms with Gasteiger partial charge in [-0.25, -0.2) is 4.79 Å². The molecule has 3 heterocycles. The zero-order valence-electron chi connectivity index (χ0n) is 19.1. The first-order valence-corrected chi connectivity index (χ1v) is 10.8. The SMILES string of the molecule is COC(=O)c1oc(CN2CCN(C(C)c3nc(-c4cccc(C(F)(F)F)c4)no3)CC2)cc1C. The number of carbonyl (C=O) groups excluding carboxylic acids is 1. The lowest BCUT2D eigenvalue weighted by Crippen LogP contribution is -2.46. The third kappa shape index (κ3) is 5.15. The van der Waals surface area contributed by atoms with Crippen LogP contribution >= 0.6 is 0 Å². The van der Waals surface area contributed by atoms with Gasteiger partial charge in [-0.15, -0.1) is 0 Å². The third-order valence-corrected chi connectivity index (χ3v) is 5.92. The molecule has 4 rings (SSSR count). The molecule has 34 heavy (non-hydrogen) atoms. The molecule has 0 radical (unpaired) electrons. The number of halogens is 3. The lowest BCUT2D eigenvalue weighted by Gasteiger charge is -2.36. The molecule has 182 valence electrons. The number of aryl methyl sites for hydroxylation is 1. The Labute approximate surface area is 194 Å². The van der Waals surface area contributed by atoms with E-state index in [4.69, 9.17) is 13.7 Å². The molecule has 0 saturated carbocycles. The summed E-state index contributed by atoms with van der Waals surface area (Å²) in [7, 11) is 1.32. The summed E-state index contributed by atoms with van der Waals surface area (Å²) in [6, 6.07) is 6.52. The first-order chi connectivity index (χ1) is 16.2. The minimum absolute atomic E-state index is 0.126. The fourth-order valence-electron chi connectivity index (χ4n) is 3.96. The highest BCUT2D eigenvalue weighted by Crippen LogP contribution is 2.32. The van der Waals surface area contributed by atoms with Crippen molar-refractivity contribution in [1.82, 2.24) is 19.9 Å². The van der Waals surface area contributed by atoms with Crippen LogP contribution in [0.5, 0.6) is 0 Å². The number of esters is 1. The molecule has 1 saturated heterocycles. The molecule has 2 aromatic heterocycles. The topological polar surface area (TPSA) is 84.8 Å². The molecule has 1 unspecified atom stereocenters. The normalized spacial score (nSPS) is 16.5. The predicted molar refractivity (Wildman–Crippen MR) is 115 cm³/mol. The number of alkyl halides is 3. The lowest BCUT2D eigenvalue weighted by molar-refractivity contribution is -0.137. The van der Waals surface area contributed by atoms with E-state index in [0.717, 1.165) is 43.9 Å². The van der Waals surface area contributed by atoms with Crippen LogP contribution in [0.15, 0.2) is 39.3 Å². The summed E-state index contributed by atoms with van der Waals surface area (Å²) >= 11 is 0. The van der Waals surface area contributed by atoms with Crippen molar-refractivity contribution in [3.63, 3.8) is 0 Å². The lowest BCUT2D eigenvalue weighted by atomic mass is 10.1. The van der Waals surface area contributed by atoms with Crippen LogP contribution in [0.2, 0.25) is 0 Å². The van der Waals surface area contributed by atoms with E-state index >= 15 is 0 Å². The molecule has 1 atom stereocenters. The van der Waals surface area contributed by atoms with E-state index < -0.39 is 17.7 Å². The Bertz CT molecular complexity index is 1150. The minimum atomic E-state index is -4.44. The molecule has 1 aliphatic rings.